The maximum Gasteiger partial charge on any atom is 0.952 e. The number of aromatic nitrogens is 6. The maximum atomic E-state index is 13.1. The summed E-state index contributed by atoms with van der Waals surface area (Å²) in [5.74, 6) is 0. The van der Waals surface area contributed by atoms with Crippen molar-refractivity contribution in [3.63, 3.8) is 0 Å². The van der Waals surface area contributed by atoms with E-state index >= 15 is 0 Å². The van der Waals surface area contributed by atoms with Gasteiger partial charge in [-0.05, 0) is 36.4 Å². The summed E-state index contributed by atoms with van der Waals surface area (Å²) in [6, 6.07) is 18.9. The quantitative estimate of drug-likeness (QED) is 0.198. The Bertz CT molecular complexity index is 1880. The van der Waals surface area contributed by atoms with Crippen LogP contribution < -0.4 is 0 Å². The first-order valence-electron chi connectivity index (χ1n) is 11.1. The second-order valence-electron chi connectivity index (χ2n) is 8.12. The van der Waals surface area contributed by atoms with Crippen LogP contribution in [-0.2, 0) is 40.1 Å². The van der Waals surface area contributed by atoms with Crippen molar-refractivity contribution in [2.24, 2.45) is 0 Å². The lowest BCUT2D eigenvalue weighted by Crippen LogP contribution is -2.35. The zero-order valence-corrected chi connectivity index (χ0v) is 23.4. The summed E-state index contributed by atoms with van der Waals surface area (Å²) in [5.41, 5.74) is 1.76. The van der Waals surface area contributed by atoms with E-state index in [1.54, 1.807) is 54.6 Å². The third kappa shape index (κ3) is 5.12. The maximum absolute atomic E-state index is 13.1. The molecule has 0 aliphatic heterocycles. The number of benzene rings is 3. The fraction of sp³-hybridized carbons (Fsp3) is 0. The molecule has 0 atom stereocenters. The van der Waals surface area contributed by atoms with Gasteiger partial charge in [0.05, 0.1) is 33.1 Å². The molecule has 15 nitrogen and oxygen atoms in total. The van der Waals surface area contributed by atoms with Crippen molar-refractivity contribution >= 4 is 78.6 Å². The average Bonchev–Trinajstić information content (AvgIpc) is 3.64. The molecule has 0 aliphatic rings. The number of fused-ring (bicyclic) bond motifs is 3. The molecule has 3 aromatic carbocycles. The molecule has 6 aromatic rings. The van der Waals surface area contributed by atoms with Gasteiger partial charge in [0.15, 0.2) is 0 Å². The number of para-hydroxylation sites is 6. The third-order valence-electron chi connectivity index (χ3n) is 5.43. The van der Waals surface area contributed by atoms with Gasteiger partial charge in [0.25, 0.3) is 15.5 Å². The molecule has 40 heavy (non-hydrogen) atoms. The van der Waals surface area contributed by atoms with E-state index in [0.29, 0.717) is 16.6 Å². The lowest BCUT2D eigenvalue weighted by molar-refractivity contribution is 0.308. The SMILES string of the molecule is O=S(=O)([O][Al]([O]S(=O)(=O)c1nc2ccccc2[nH]1)[O]S(=O)(=O)c1nc2ccccc2[nH]1)c1nc2ccccc2[nH]1. The fourth-order valence-corrected chi connectivity index (χ4v) is 9.80. The van der Waals surface area contributed by atoms with Crippen molar-refractivity contribution < 1.29 is 35.0 Å². The van der Waals surface area contributed by atoms with Gasteiger partial charge in [-0.3, -0.25) is 0 Å². The van der Waals surface area contributed by atoms with E-state index in [1.807, 2.05) is 0 Å². The van der Waals surface area contributed by atoms with Gasteiger partial charge in [-0.25, -0.2) is 15.0 Å². The number of H-pyrrole nitrogens is 3. The van der Waals surface area contributed by atoms with Crippen LogP contribution in [0.2, 0.25) is 0 Å². The predicted octanol–water partition coefficient (Wildman–Crippen LogP) is 1.82. The van der Waals surface area contributed by atoms with Gasteiger partial charge in [-0.2, -0.15) is 25.3 Å². The van der Waals surface area contributed by atoms with Crippen molar-refractivity contribution in [2.75, 3.05) is 0 Å². The molecule has 0 unspecified atom stereocenters. The molecular formula is C21H15AlN6O9S3. The smallest absolute Gasteiger partial charge is 0.335 e. The van der Waals surface area contributed by atoms with Crippen LogP contribution in [0, 0.1) is 0 Å². The van der Waals surface area contributed by atoms with Gasteiger partial charge in [0.1, 0.15) is 0 Å². The minimum atomic E-state index is -4.92. The Balaban J connectivity index is 1.37. The van der Waals surface area contributed by atoms with Gasteiger partial charge < -0.3 is 24.7 Å². The average molecular weight is 619 g/mol. The number of nitrogens with zero attached hydrogens (tertiary/aromatic N) is 3. The van der Waals surface area contributed by atoms with Crippen molar-refractivity contribution in [2.45, 2.75) is 15.5 Å². The Kier molecular flexibility index (Phi) is 6.48. The van der Waals surface area contributed by atoms with Gasteiger partial charge in [0, 0.05) is 0 Å². The Morgan fingerprint density at radius 3 is 1.02 bits per heavy atom. The predicted molar refractivity (Wildman–Crippen MR) is 139 cm³/mol. The molecular weight excluding hydrogens is 603 g/mol. The molecule has 3 N–H and O–H groups in total. The highest BCUT2D eigenvalue weighted by atomic mass is 32.2. The minimum absolute atomic E-state index is 0.259. The normalized spacial score (nSPS) is 12.9. The molecule has 19 heteroatoms. The Morgan fingerprint density at radius 1 is 0.475 bits per heavy atom. The largest absolute Gasteiger partial charge is 0.952 e. The van der Waals surface area contributed by atoms with Gasteiger partial charge >= 0.3 is 45.5 Å². The van der Waals surface area contributed by atoms with Crippen LogP contribution in [0.3, 0.4) is 0 Å². The van der Waals surface area contributed by atoms with Gasteiger partial charge in [0.2, 0.25) is 0 Å². The molecule has 0 bridgehead atoms. The second kappa shape index (κ2) is 9.76. The Hall–Kier alpha value is -3.67. The monoisotopic (exact) mass is 618 g/mol. The summed E-state index contributed by atoms with van der Waals surface area (Å²) in [6.07, 6.45) is 0. The molecule has 204 valence electrons. The van der Waals surface area contributed by atoms with E-state index in [1.165, 1.54) is 18.2 Å². The number of hydrogen-bond acceptors (Lipinski definition) is 12. The van der Waals surface area contributed by atoms with E-state index in [0.717, 1.165) is 0 Å². The lowest BCUT2D eigenvalue weighted by atomic mass is 10.3. The van der Waals surface area contributed by atoms with E-state index in [-0.39, 0.29) is 16.6 Å². The van der Waals surface area contributed by atoms with Crippen molar-refractivity contribution in [3.8, 4) is 0 Å². The third-order valence-corrected chi connectivity index (χ3v) is 12.4. The Morgan fingerprint density at radius 2 is 0.750 bits per heavy atom. The highest BCUT2D eigenvalue weighted by Crippen LogP contribution is 2.23. The highest BCUT2D eigenvalue weighted by Gasteiger charge is 2.49. The standard InChI is InChI=1S/3C7H6N2O3S.Al/c3*10-13(11,12)7-8-5-3-1-2-4-6(5)9-7;/h3*1-4H,(H,8,9)(H,10,11,12);/q;;;+3/p-3. The zero-order chi connectivity index (χ0) is 28.1. The summed E-state index contributed by atoms with van der Waals surface area (Å²) in [4.78, 5) is 19.3. The summed E-state index contributed by atoms with van der Waals surface area (Å²) >= 11 is -4.70. The number of imidazole rings is 3. The topological polar surface area (TPSA) is 216 Å². The first-order chi connectivity index (χ1) is 19.0. The van der Waals surface area contributed by atoms with Crippen molar-refractivity contribution in [1.82, 2.24) is 29.9 Å². The molecule has 0 amide bonds. The van der Waals surface area contributed by atoms with Crippen molar-refractivity contribution in [3.05, 3.63) is 72.8 Å². The van der Waals surface area contributed by atoms with Crippen LogP contribution in [0.5, 0.6) is 0 Å². The van der Waals surface area contributed by atoms with Crippen LogP contribution in [-0.4, -0.2) is 70.3 Å². The number of nitrogens with one attached hydrogen (secondary N) is 3. The van der Waals surface area contributed by atoms with Crippen LogP contribution >= 0.6 is 0 Å². The molecule has 3 aromatic heterocycles. The van der Waals surface area contributed by atoms with Crippen molar-refractivity contribution in [1.29, 1.82) is 0 Å². The van der Waals surface area contributed by atoms with E-state index in [2.05, 4.69) is 29.9 Å². The van der Waals surface area contributed by atoms with Gasteiger partial charge in [-0.15, -0.1) is 0 Å². The van der Waals surface area contributed by atoms with Crippen LogP contribution in [0.15, 0.2) is 88.3 Å². The molecule has 0 fully saturated rings. The van der Waals surface area contributed by atoms with E-state index < -0.39 is 61.0 Å². The first kappa shape index (κ1) is 26.5. The molecule has 0 aliphatic carbocycles. The van der Waals surface area contributed by atoms with Crippen LogP contribution in [0.25, 0.3) is 33.1 Å². The summed E-state index contributed by atoms with van der Waals surface area (Å²) in [6.45, 7) is 0. The molecule has 0 saturated carbocycles. The first-order valence-corrected chi connectivity index (χ1v) is 16.8. The summed E-state index contributed by atoms with van der Waals surface area (Å²) < 4.78 is 93.2. The number of aromatic amines is 3. The highest BCUT2D eigenvalue weighted by molar-refractivity contribution is 7.90. The van der Waals surface area contributed by atoms with E-state index in [9.17, 15) is 25.3 Å². The summed E-state index contributed by atoms with van der Waals surface area (Å²) in [5, 5.41) is -2.16. The number of rotatable bonds is 9. The molecule has 3 heterocycles. The van der Waals surface area contributed by atoms with Gasteiger partial charge in [-0.1, -0.05) is 36.4 Å². The molecule has 0 radical (unpaired) electrons. The van der Waals surface area contributed by atoms with E-state index in [4.69, 9.17) is 9.70 Å². The minimum Gasteiger partial charge on any atom is -0.335 e. The fourth-order valence-electron chi connectivity index (χ4n) is 3.64. The molecule has 0 spiro atoms. The molecule has 0 saturated heterocycles. The number of hydrogen-bond donors (Lipinski definition) is 3. The summed E-state index contributed by atoms with van der Waals surface area (Å²) in [7, 11) is -14.8. The second-order valence-corrected chi connectivity index (χ2v) is 14.9. The Labute approximate surface area is 230 Å². The van der Waals surface area contributed by atoms with Crippen LogP contribution in [0.4, 0.5) is 0 Å². The zero-order valence-electron chi connectivity index (χ0n) is 19.7. The van der Waals surface area contributed by atoms with Crippen LogP contribution in [0.1, 0.15) is 0 Å². The lowest BCUT2D eigenvalue weighted by Gasteiger charge is -2.11. The molecule has 6 rings (SSSR count).